The van der Waals surface area contributed by atoms with Crippen molar-refractivity contribution in [2.45, 2.75) is 20.0 Å². The van der Waals surface area contributed by atoms with Gasteiger partial charge >= 0.3 is 0 Å². The number of halogens is 1. The van der Waals surface area contributed by atoms with E-state index in [0.29, 0.717) is 47.3 Å². The molecule has 0 amide bonds. The minimum atomic E-state index is 0.339. The Morgan fingerprint density at radius 3 is 2.67 bits per heavy atom. The van der Waals surface area contributed by atoms with Crippen LogP contribution in [0.5, 0.6) is 11.5 Å². The second-order valence-electron chi connectivity index (χ2n) is 6.26. The van der Waals surface area contributed by atoms with Gasteiger partial charge in [0.1, 0.15) is 0 Å². The number of ether oxygens (including phenoxy) is 2. The molecule has 30 heavy (non-hydrogen) atoms. The molecule has 9 heteroatoms. The summed E-state index contributed by atoms with van der Waals surface area (Å²) in [6.07, 6.45) is 0. The third-order valence-electron chi connectivity index (χ3n) is 4.17. The van der Waals surface area contributed by atoms with E-state index >= 15 is 0 Å². The van der Waals surface area contributed by atoms with Gasteiger partial charge in [-0.1, -0.05) is 35.0 Å². The minimum Gasteiger partial charge on any atom is -0.493 e. The van der Waals surface area contributed by atoms with Crippen molar-refractivity contribution in [3.05, 3.63) is 58.9 Å². The van der Waals surface area contributed by atoms with Gasteiger partial charge < -0.3 is 24.6 Å². The van der Waals surface area contributed by atoms with Gasteiger partial charge in [-0.3, -0.25) is 0 Å². The molecule has 0 spiro atoms. The third-order valence-corrected chi connectivity index (χ3v) is 4.40. The summed E-state index contributed by atoms with van der Waals surface area (Å²) >= 11 is 6.02. The highest BCUT2D eigenvalue weighted by Gasteiger charge is 2.10. The van der Waals surface area contributed by atoms with Crippen molar-refractivity contribution in [1.82, 2.24) is 20.8 Å². The average molecular weight is 430 g/mol. The molecule has 2 N–H and O–H groups in total. The molecule has 0 aliphatic carbocycles. The number of hydrogen-bond donors (Lipinski definition) is 2. The number of nitrogens with one attached hydrogen (secondary N) is 2. The molecule has 0 radical (unpaired) electrons. The van der Waals surface area contributed by atoms with E-state index in [2.05, 4.69) is 25.8 Å². The fraction of sp³-hybridized carbons (Fsp3) is 0.286. The zero-order valence-corrected chi connectivity index (χ0v) is 17.9. The maximum atomic E-state index is 6.02. The molecule has 3 aromatic rings. The van der Waals surface area contributed by atoms with Crippen LogP contribution in [0.3, 0.4) is 0 Å². The van der Waals surface area contributed by atoms with Gasteiger partial charge in [0.2, 0.25) is 11.7 Å². The van der Waals surface area contributed by atoms with Crippen LogP contribution in [-0.4, -0.2) is 36.9 Å². The highest BCUT2D eigenvalue weighted by Crippen LogP contribution is 2.27. The van der Waals surface area contributed by atoms with Crippen LogP contribution in [0.15, 0.2) is 52.0 Å². The number of benzene rings is 2. The van der Waals surface area contributed by atoms with Crippen LogP contribution < -0.4 is 20.1 Å². The van der Waals surface area contributed by atoms with Crippen LogP contribution in [0.25, 0.3) is 11.4 Å². The van der Waals surface area contributed by atoms with Gasteiger partial charge in [0, 0.05) is 17.1 Å². The third kappa shape index (κ3) is 5.64. The molecular weight excluding hydrogens is 406 g/mol. The Balaban J connectivity index is 1.64. The Morgan fingerprint density at radius 1 is 1.10 bits per heavy atom. The van der Waals surface area contributed by atoms with Gasteiger partial charge in [-0.05, 0) is 36.8 Å². The van der Waals surface area contributed by atoms with Crippen molar-refractivity contribution in [2.75, 3.05) is 20.8 Å². The van der Waals surface area contributed by atoms with Crippen molar-refractivity contribution in [3.63, 3.8) is 0 Å². The zero-order chi connectivity index (χ0) is 21.3. The molecule has 158 valence electrons. The Labute approximate surface area is 180 Å². The van der Waals surface area contributed by atoms with E-state index in [1.807, 2.05) is 37.3 Å². The molecular formula is C21H24ClN5O3. The molecule has 1 aromatic heterocycles. The van der Waals surface area contributed by atoms with E-state index in [1.54, 1.807) is 26.4 Å². The Morgan fingerprint density at radius 2 is 1.93 bits per heavy atom. The maximum Gasteiger partial charge on any atom is 0.246 e. The van der Waals surface area contributed by atoms with E-state index in [1.165, 1.54) is 0 Å². The van der Waals surface area contributed by atoms with E-state index in [0.717, 1.165) is 17.7 Å². The predicted octanol–water partition coefficient (Wildman–Crippen LogP) is 3.66. The number of nitrogens with zero attached hydrogens (tertiary/aromatic N) is 3. The zero-order valence-electron chi connectivity index (χ0n) is 17.1. The van der Waals surface area contributed by atoms with E-state index in [4.69, 9.17) is 25.6 Å². The Bertz CT molecular complexity index is 1010. The first-order valence-electron chi connectivity index (χ1n) is 9.44. The predicted molar refractivity (Wildman–Crippen MR) is 116 cm³/mol. The van der Waals surface area contributed by atoms with Crippen LogP contribution in [0, 0.1) is 0 Å². The van der Waals surface area contributed by atoms with Crippen LogP contribution in [0.4, 0.5) is 0 Å². The summed E-state index contributed by atoms with van der Waals surface area (Å²) in [6.45, 7) is 3.52. The molecule has 0 unspecified atom stereocenters. The fourth-order valence-corrected chi connectivity index (χ4v) is 2.91. The number of aliphatic imine (C=N–C) groups is 1. The van der Waals surface area contributed by atoms with Crippen molar-refractivity contribution in [2.24, 2.45) is 4.99 Å². The molecule has 2 aromatic carbocycles. The van der Waals surface area contributed by atoms with Gasteiger partial charge in [0.25, 0.3) is 0 Å². The lowest BCUT2D eigenvalue weighted by Crippen LogP contribution is -2.36. The van der Waals surface area contributed by atoms with Crippen molar-refractivity contribution >= 4 is 17.6 Å². The number of methoxy groups -OCH3 is 2. The standard InChI is InChI=1S/C21H24ClN5O3/c1-4-23-21(24-12-14-8-9-17(28-2)18(10-14)29-3)25-13-19-26-20(27-30-19)15-6-5-7-16(22)11-15/h5-11H,4,12-13H2,1-3H3,(H2,23,24,25). The normalized spacial score (nSPS) is 11.3. The van der Waals surface area contributed by atoms with Gasteiger partial charge in [-0.25, -0.2) is 4.99 Å². The number of aromatic nitrogens is 2. The molecule has 8 nitrogen and oxygen atoms in total. The van der Waals surface area contributed by atoms with Gasteiger partial charge in [0.05, 0.1) is 27.3 Å². The number of hydrogen-bond acceptors (Lipinski definition) is 6. The average Bonchev–Trinajstić information content (AvgIpc) is 3.24. The summed E-state index contributed by atoms with van der Waals surface area (Å²) in [5.74, 6) is 2.92. The molecule has 0 aliphatic rings. The first kappa shape index (κ1) is 21.4. The summed E-state index contributed by atoms with van der Waals surface area (Å²) in [7, 11) is 3.22. The highest BCUT2D eigenvalue weighted by atomic mass is 35.5. The van der Waals surface area contributed by atoms with Crippen molar-refractivity contribution in [1.29, 1.82) is 0 Å². The maximum absolute atomic E-state index is 6.02. The Hall–Kier alpha value is -3.26. The summed E-state index contributed by atoms with van der Waals surface area (Å²) in [4.78, 5) is 9.00. The SMILES string of the molecule is CCNC(=NCc1ccc(OC)c(OC)c1)NCc1nc(-c2cccc(Cl)c2)no1. The van der Waals surface area contributed by atoms with Crippen LogP contribution in [0.2, 0.25) is 5.02 Å². The topological polar surface area (TPSA) is 93.8 Å². The lowest BCUT2D eigenvalue weighted by atomic mass is 10.2. The highest BCUT2D eigenvalue weighted by molar-refractivity contribution is 6.30. The second-order valence-corrected chi connectivity index (χ2v) is 6.70. The lowest BCUT2D eigenvalue weighted by Gasteiger charge is -2.11. The summed E-state index contributed by atoms with van der Waals surface area (Å²) in [5.41, 5.74) is 1.79. The van der Waals surface area contributed by atoms with Crippen molar-refractivity contribution in [3.8, 4) is 22.9 Å². The fourth-order valence-electron chi connectivity index (χ4n) is 2.72. The van der Waals surface area contributed by atoms with Gasteiger partial charge in [-0.2, -0.15) is 4.98 Å². The summed E-state index contributed by atoms with van der Waals surface area (Å²) < 4.78 is 15.9. The molecule has 3 rings (SSSR count). The molecule has 1 heterocycles. The monoisotopic (exact) mass is 429 g/mol. The number of rotatable bonds is 8. The Kier molecular flexibility index (Phi) is 7.51. The van der Waals surface area contributed by atoms with Crippen LogP contribution in [0.1, 0.15) is 18.4 Å². The smallest absolute Gasteiger partial charge is 0.246 e. The summed E-state index contributed by atoms with van der Waals surface area (Å²) in [5, 5.41) is 11.0. The molecule has 0 saturated heterocycles. The van der Waals surface area contributed by atoms with E-state index < -0.39 is 0 Å². The van der Waals surface area contributed by atoms with Gasteiger partial charge in [0.15, 0.2) is 17.5 Å². The molecule has 0 aliphatic heterocycles. The second kappa shape index (κ2) is 10.5. The van der Waals surface area contributed by atoms with E-state index in [-0.39, 0.29) is 0 Å². The van der Waals surface area contributed by atoms with E-state index in [9.17, 15) is 0 Å². The molecule has 0 saturated carbocycles. The molecule has 0 atom stereocenters. The molecule has 0 fully saturated rings. The van der Waals surface area contributed by atoms with Gasteiger partial charge in [-0.15, -0.1) is 0 Å². The largest absolute Gasteiger partial charge is 0.493 e. The first-order chi connectivity index (χ1) is 14.6. The minimum absolute atomic E-state index is 0.339. The van der Waals surface area contributed by atoms with Crippen LogP contribution >= 0.6 is 11.6 Å². The number of guanidine groups is 1. The van der Waals surface area contributed by atoms with Crippen molar-refractivity contribution < 1.29 is 14.0 Å². The summed E-state index contributed by atoms with van der Waals surface area (Å²) in [6, 6.07) is 13.0. The molecule has 0 bridgehead atoms. The quantitative estimate of drug-likeness (QED) is 0.416. The first-order valence-corrected chi connectivity index (χ1v) is 9.82. The lowest BCUT2D eigenvalue weighted by molar-refractivity contribution is 0.354. The van der Waals surface area contributed by atoms with Crippen LogP contribution in [-0.2, 0) is 13.1 Å².